The van der Waals surface area contributed by atoms with E-state index in [2.05, 4.69) is 54.4 Å². The highest BCUT2D eigenvalue weighted by molar-refractivity contribution is 5.20. The van der Waals surface area contributed by atoms with Gasteiger partial charge in [-0.2, -0.15) is 0 Å². The zero-order valence-corrected chi connectivity index (χ0v) is 12.8. The summed E-state index contributed by atoms with van der Waals surface area (Å²) in [5, 5.41) is 3.60. The summed E-state index contributed by atoms with van der Waals surface area (Å²) >= 11 is 0. The van der Waals surface area contributed by atoms with Crippen LogP contribution in [0.4, 0.5) is 0 Å². The van der Waals surface area contributed by atoms with E-state index >= 15 is 0 Å². The van der Waals surface area contributed by atoms with Crippen LogP contribution in [0.5, 0.6) is 0 Å². The van der Waals surface area contributed by atoms with Gasteiger partial charge in [0.2, 0.25) is 0 Å². The first-order valence-electron chi connectivity index (χ1n) is 7.91. The number of rotatable bonds is 7. The van der Waals surface area contributed by atoms with Gasteiger partial charge in [-0.15, -0.1) is 0 Å². The number of nitrogens with one attached hydrogen (secondary N) is 1. The van der Waals surface area contributed by atoms with Gasteiger partial charge in [0.15, 0.2) is 0 Å². The van der Waals surface area contributed by atoms with E-state index in [-0.39, 0.29) is 0 Å². The summed E-state index contributed by atoms with van der Waals surface area (Å²) in [4.78, 5) is 2.60. The van der Waals surface area contributed by atoms with Gasteiger partial charge in [-0.1, -0.05) is 37.3 Å². The van der Waals surface area contributed by atoms with Crippen LogP contribution in [0, 0.1) is 0 Å². The van der Waals surface area contributed by atoms with E-state index in [9.17, 15) is 0 Å². The van der Waals surface area contributed by atoms with E-state index in [0.717, 1.165) is 45.7 Å². The molecule has 1 heterocycles. The molecule has 0 aliphatic carbocycles. The highest BCUT2D eigenvalue weighted by Gasteiger charge is 2.26. The molecule has 0 bridgehead atoms. The van der Waals surface area contributed by atoms with Crippen molar-refractivity contribution in [1.29, 1.82) is 0 Å². The molecule has 3 nitrogen and oxygen atoms in total. The second-order valence-electron chi connectivity index (χ2n) is 5.70. The molecule has 1 saturated heterocycles. The maximum atomic E-state index is 5.60. The lowest BCUT2D eigenvalue weighted by molar-refractivity contribution is 0.0945. The highest BCUT2D eigenvalue weighted by atomic mass is 16.5. The van der Waals surface area contributed by atoms with Gasteiger partial charge in [0, 0.05) is 44.9 Å². The van der Waals surface area contributed by atoms with E-state index < -0.39 is 0 Å². The number of nitrogens with zero attached hydrogens (tertiary/aromatic N) is 1. The molecule has 0 amide bonds. The van der Waals surface area contributed by atoms with Gasteiger partial charge in [0.25, 0.3) is 0 Å². The molecule has 0 radical (unpaired) electrons. The van der Waals surface area contributed by atoms with Crippen molar-refractivity contribution in [2.75, 3.05) is 32.8 Å². The highest BCUT2D eigenvalue weighted by Crippen LogP contribution is 2.23. The van der Waals surface area contributed by atoms with Crippen LogP contribution in [0.1, 0.15) is 38.3 Å². The largest absolute Gasteiger partial charge is 0.381 e. The summed E-state index contributed by atoms with van der Waals surface area (Å²) in [6.45, 7) is 9.47. The second kappa shape index (κ2) is 8.40. The van der Waals surface area contributed by atoms with Crippen molar-refractivity contribution in [3.8, 4) is 0 Å². The van der Waals surface area contributed by atoms with Gasteiger partial charge >= 0.3 is 0 Å². The molecule has 20 heavy (non-hydrogen) atoms. The van der Waals surface area contributed by atoms with E-state index in [4.69, 9.17) is 4.74 Å². The third kappa shape index (κ3) is 4.58. The maximum absolute atomic E-state index is 5.60. The van der Waals surface area contributed by atoms with Crippen LogP contribution < -0.4 is 5.32 Å². The third-order valence-corrected chi connectivity index (χ3v) is 3.88. The van der Waals surface area contributed by atoms with Crippen molar-refractivity contribution < 1.29 is 4.74 Å². The Labute approximate surface area is 123 Å². The van der Waals surface area contributed by atoms with Gasteiger partial charge in [0.1, 0.15) is 0 Å². The van der Waals surface area contributed by atoms with Crippen LogP contribution in [0.15, 0.2) is 30.3 Å². The molecule has 112 valence electrons. The third-order valence-electron chi connectivity index (χ3n) is 3.88. The minimum absolute atomic E-state index is 0.499. The summed E-state index contributed by atoms with van der Waals surface area (Å²) in [5.41, 5.74) is 1.42. The molecule has 1 fully saturated rings. The first-order valence-corrected chi connectivity index (χ1v) is 7.91. The average Bonchev–Trinajstić information content (AvgIpc) is 2.48. The molecule has 2 unspecified atom stereocenters. The van der Waals surface area contributed by atoms with Crippen LogP contribution in [-0.2, 0) is 4.74 Å². The fraction of sp³-hybridized carbons (Fsp3) is 0.647. The molecular weight excluding hydrogens is 248 g/mol. The molecule has 3 heteroatoms. The summed E-state index contributed by atoms with van der Waals surface area (Å²) < 4.78 is 5.60. The van der Waals surface area contributed by atoms with Crippen LogP contribution in [-0.4, -0.2) is 43.8 Å². The monoisotopic (exact) mass is 276 g/mol. The molecule has 1 aliphatic heterocycles. The SMILES string of the molecule is CCCOCCCN1CC(C)NCC1c1ccccc1. The molecule has 1 aromatic carbocycles. The van der Waals surface area contributed by atoms with Gasteiger partial charge in [0.05, 0.1) is 0 Å². The summed E-state index contributed by atoms with van der Waals surface area (Å²) in [7, 11) is 0. The zero-order chi connectivity index (χ0) is 14.2. The average molecular weight is 276 g/mol. The summed E-state index contributed by atoms with van der Waals surface area (Å²) in [5.74, 6) is 0. The van der Waals surface area contributed by atoms with Gasteiger partial charge in [-0.25, -0.2) is 0 Å². The Bertz CT molecular complexity index is 369. The minimum Gasteiger partial charge on any atom is -0.381 e. The Kier molecular flexibility index (Phi) is 6.51. The van der Waals surface area contributed by atoms with Crippen LogP contribution in [0.2, 0.25) is 0 Å². The van der Waals surface area contributed by atoms with Crippen molar-refractivity contribution in [2.45, 2.75) is 38.8 Å². The lowest BCUT2D eigenvalue weighted by Crippen LogP contribution is -2.51. The first-order chi connectivity index (χ1) is 9.81. The van der Waals surface area contributed by atoms with Crippen LogP contribution in [0.25, 0.3) is 0 Å². The van der Waals surface area contributed by atoms with Crippen molar-refractivity contribution in [1.82, 2.24) is 10.2 Å². The van der Waals surface area contributed by atoms with E-state index in [1.165, 1.54) is 5.56 Å². The summed E-state index contributed by atoms with van der Waals surface area (Å²) in [6.07, 6.45) is 2.23. The molecule has 1 aromatic rings. The van der Waals surface area contributed by atoms with Crippen molar-refractivity contribution in [2.24, 2.45) is 0 Å². The Morgan fingerprint density at radius 3 is 2.80 bits per heavy atom. The fourth-order valence-electron chi connectivity index (χ4n) is 2.85. The molecule has 0 spiro atoms. The number of hydrogen-bond acceptors (Lipinski definition) is 3. The Morgan fingerprint density at radius 2 is 2.05 bits per heavy atom. The molecule has 0 aromatic heterocycles. The van der Waals surface area contributed by atoms with E-state index in [1.54, 1.807) is 0 Å². The van der Waals surface area contributed by atoms with Crippen molar-refractivity contribution >= 4 is 0 Å². The first kappa shape index (κ1) is 15.5. The van der Waals surface area contributed by atoms with Crippen molar-refractivity contribution in [3.05, 3.63) is 35.9 Å². The molecular formula is C17H28N2O. The maximum Gasteiger partial charge on any atom is 0.0478 e. The Hall–Kier alpha value is -0.900. The van der Waals surface area contributed by atoms with Gasteiger partial charge in [-0.05, 0) is 25.3 Å². The quantitative estimate of drug-likeness (QED) is 0.775. The second-order valence-corrected chi connectivity index (χ2v) is 5.70. The van der Waals surface area contributed by atoms with E-state index in [1.807, 2.05) is 0 Å². The Balaban J connectivity index is 1.88. The van der Waals surface area contributed by atoms with E-state index in [0.29, 0.717) is 12.1 Å². The smallest absolute Gasteiger partial charge is 0.0478 e. The standard InChI is InChI=1S/C17H28N2O/c1-3-11-20-12-7-10-19-14-15(2)18-13-17(19)16-8-5-4-6-9-16/h4-6,8-9,15,17-18H,3,7,10-14H2,1-2H3. The van der Waals surface area contributed by atoms with Crippen molar-refractivity contribution in [3.63, 3.8) is 0 Å². The Morgan fingerprint density at radius 1 is 1.25 bits per heavy atom. The lowest BCUT2D eigenvalue weighted by Gasteiger charge is -2.39. The van der Waals surface area contributed by atoms with Gasteiger partial charge < -0.3 is 10.1 Å². The number of ether oxygens (including phenoxy) is 1. The number of benzene rings is 1. The fourth-order valence-corrected chi connectivity index (χ4v) is 2.85. The summed E-state index contributed by atoms with van der Waals surface area (Å²) in [6, 6.07) is 11.9. The number of hydrogen-bond donors (Lipinski definition) is 1. The molecule has 1 N–H and O–H groups in total. The topological polar surface area (TPSA) is 24.5 Å². The molecule has 2 atom stereocenters. The lowest BCUT2D eigenvalue weighted by atomic mass is 10.0. The zero-order valence-electron chi connectivity index (χ0n) is 12.8. The predicted molar refractivity (Wildman–Crippen MR) is 83.9 cm³/mol. The molecule has 0 saturated carbocycles. The van der Waals surface area contributed by atoms with Crippen LogP contribution >= 0.6 is 0 Å². The molecule has 2 rings (SSSR count). The predicted octanol–water partition coefficient (Wildman–Crippen LogP) is 2.84. The minimum atomic E-state index is 0.499. The molecule has 1 aliphatic rings. The number of piperazine rings is 1. The van der Waals surface area contributed by atoms with Crippen LogP contribution in [0.3, 0.4) is 0 Å². The normalized spacial score (nSPS) is 23.9. The van der Waals surface area contributed by atoms with Gasteiger partial charge in [-0.3, -0.25) is 4.90 Å².